The van der Waals surface area contributed by atoms with Crippen LogP contribution < -0.4 is 0 Å². The van der Waals surface area contributed by atoms with Gasteiger partial charge in [0.15, 0.2) is 0 Å². The maximum absolute atomic E-state index is 10.8. The fourth-order valence-corrected chi connectivity index (χ4v) is 1.84. The molecule has 0 radical (unpaired) electrons. The zero-order valence-electron chi connectivity index (χ0n) is 10.9. The van der Waals surface area contributed by atoms with Crippen LogP contribution >= 0.6 is 15.9 Å². The number of benzene rings is 1. The third kappa shape index (κ3) is 6.13. The fraction of sp³-hybridized carbons (Fsp3) is 0.538. The lowest BCUT2D eigenvalue weighted by Crippen LogP contribution is -2.05. The average Bonchev–Trinajstić information content (AvgIpc) is 2.39. The van der Waals surface area contributed by atoms with Gasteiger partial charge >= 0.3 is 0 Å². The zero-order valence-corrected chi connectivity index (χ0v) is 12.5. The van der Waals surface area contributed by atoms with E-state index in [0.717, 1.165) is 25.0 Å². The van der Waals surface area contributed by atoms with Crippen molar-refractivity contribution in [1.82, 2.24) is 0 Å². The zero-order chi connectivity index (χ0) is 14.1. The van der Waals surface area contributed by atoms with Crippen LogP contribution in [0.15, 0.2) is 22.7 Å². The van der Waals surface area contributed by atoms with Crippen LogP contribution in [0.2, 0.25) is 0 Å². The summed E-state index contributed by atoms with van der Waals surface area (Å²) in [5.74, 6) is 0. The predicted octanol–water partition coefficient (Wildman–Crippen LogP) is 3.69. The van der Waals surface area contributed by atoms with Crippen molar-refractivity contribution in [2.75, 3.05) is 19.8 Å². The lowest BCUT2D eigenvalue weighted by atomic mass is 10.2. The molecule has 0 unspecified atom stereocenters. The SMILES string of the molecule is CCCCOCCOCc1ccc(Br)c([N+](=O)[O-])c1. The molecule has 0 N–H and O–H groups in total. The van der Waals surface area contributed by atoms with Gasteiger partial charge in [-0.2, -0.15) is 0 Å². The van der Waals surface area contributed by atoms with E-state index in [1.54, 1.807) is 12.1 Å². The smallest absolute Gasteiger partial charge is 0.283 e. The number of nitro benzene ring substituents is 1. The van der Waals surface area contributed by atoms with Gasteiger partial charge in [0.25, 0.3) is 5.69 Å². The van der Waals surface area contributed by atoms with Gasteiger partial charge in [0.05, 0.1) is 29.2 Å². The molecule has 0 saturated heterocycles. The minimum absolute atomic E-state index is 0.0558. The number of rotatable bonds is 9. The standard InChI is InChI=1S/C13H18BrNO4/c1-2-3-6-18-7-8-19-10-11-4-5-12(14)13(9-11)15(16)17/h4-5,9H,2-3,6-8,10H2,1H3. The lowest BCUT2D eigenvalue weighted by Gasteiger charge is -2.06. The summed E-state index contributed by atoms with van der Waals surface area (Å²) in [4.78, 5) is 10.4. The number of nitrogens with zero attached hydrogens (tertiary/aromatic N) is 1. The molecule has 0 aliphatic carbocycles. The van der Waals surface area contributed by atoms with Crippen LogP contribution in [0.25, 0.3) is 0 Å². The quantitative estimate of drug-likeness (QED) is 0.393. The normalized spacial score (nSPS) is 10.6. The van der Waals surface area contributed by atoms with Crippen molar-refractivity contribution in [2.24, 2.45) is 0 Å². The van der Waals surface area contributed by atoms with Crippen molar-refractivity contribution < 1.29 is 14.4 Å². The summed E-state index contributed by atoms with van der Waals surface area (Å²) < 4.78 is 11.2. The lowest BCUT2D eigenvalue weighted by molar-refractivity contribution is -0.385. The maximum atomic E-state index is 10.8. The summed E-state index contributed by atoms with van der Waals surface area (Å²) in [6.45, 7) is 4.27. The van der Waals surface area contributed by atoms with E-state index in [4.69, 9.17) is 9.47 Å². The van der Waals surface area contributed by atoms with E-state index in [9.17, 15) is 10.1 Å². The van der Waals surface area contributed by atoms with E-state index in [-0.39, 0.29) is 5.69 Å². The Labute approximate surface area is 121 Å². The number of hydrogen-bond donors (Lipinski definition) is 0. The van der Waals surface area contributed by atoms with Gasteiger partial charge in [-0.3, -0.25) is 10.1 Å². The number of halogens is 1. The predicted molar refractivity (Wildman–Crippen MR) is 76.2 cm³/mol. The highest BCUT2D eigenvalue weighted by molar-refractivity contribution is 9.10. The van der Waals surface area contributed by atoms with Gasteiger partial charge in [0, 0.05) is 12.7 Å². The molecule has 5 nitrogen and oxygen atoms in total. The van der Waals surface area contributed by atoms with Crippen LogP contribution in [0.3, 0.4) is 0 Å². The van der Waals surface area contributed by atoms with Crippen LogP contribution in [0.1, 0.15) is 25.3 Å². The summed E-state index contributed by atoms with van der Waals surface area (Å²) in [7, 11) is 0. The van der Waals surface area contributed by atoms with E-state index in [2.05, 4.69) is 22.9 Å². The molecule has 0 fully saturated rings. The van der Waals surface area contributed by atoms with Gasteiger partial charge in [-0.25, -0.2) is 0 Å². The fourth-order valence-electron chi connectivity index (χ4n) is 1.44. The molecule has 0 aromatic heterocycles. The molecule has 0 spiro atoms. The molecule has 0 bridgehead atoms. The second-order valence-electron chi connectivity index (χ2n) is 4.06. The second kappa shape index (κ2) is 9.01. The highest BCUT2D eigenvalue weighted by atomic mass is 79.9. The molecule has 106 valence electrons. The minimum atomic E-state index is -0.415. The van der Waals surface area contributed by atoms with Crippen molar-refractivity contribution in [2.45, 2.75) is 26.4 Å². The van der Waals surface area contributed by atoms with E-state index in [1.807, 2.05) is 0 Å². The van der Waals surface area contributed by atoms with Crippen LogP contribution in [0, 0.1) is 10.1 Å². The Morgan fingerprint density at radius 1 is 1.26 bits per heavy atom. The first-order chi connectivity index (χ1) is 9.15. The number of nitro groups is 1. The van der Waals surface area contributed by atoms with Gasteiger partial charge in [-0.15, -0.1) is 0 Å². The van der Waals surface area contributed by atoms with Crippen LogP contribution in [-0.4, -0.2) is 24.7 Å². The van der Waals surface area contributed by atoms with Crippen molar-refractivity contribution in [3.05, 3.63) is 38.3 Å². The van der Waals surface area contributed by atoms with Gasteiger partial charge in [-0.05, 0) is 34.0 Å². The van der Waals surface area contributed by atoms with Crippen LogP contribution in [0.4, 0.5) is 5.69 Å². The summed E-state index contributed by atoms with van der Waals surface area (Å²) >= 11 is 3.15. The van der Waals surface area contributed by atoms with E-state index in [1.165, 1.54) is 6.07 Å². The Hall–Kier alpha value is -0.980. The maximum Gasteiger partial charge on any atom is 0.283 e. The Balaban J connectivity index is 2.30. The molecule has 6 heteroatoms. The first-order valence-electron chi connectivity index (χ1n) is 6.23. The van der Waals surface area contributed by atoms with Crippen molar-refractivity contribution in [3.8, 4) is 0 Å². The molecule has 0 saturated carbocycles. The van der Waals surface area contributed by atoms with E-state index < -0.39 is 4.92 Å². The topological polar surface area (TPSA) is 61.6 Å². The van der Waals surface area contributed by atoms with Gasteiger partial charge in [-0.1, -0.05) is 19.4 Å². The van der Waals surface area contributed by atoms with Crippen LogP contribution in [-0.2, 0) is 16.1 Å². The minimum Gasteiger partial charge on any atom is -0.379 e. The molecular weight excluding hydrogens is 314 g/mol. The second-order valence-corrected chi connectivity index (χ2v) is 4.92. The molecule has 19 heavy (non-hydrogen) atoms. The Kier molecular flexibility index (Phi) is 7.62. The third-order valence-corrected chi connectivity index (χ3v) is 3.16. The Morgan fingerprint density at radius 3 is 2.68 bits per heavy atom. The number of hydrogen-bond acceptors (Lipinski definition) is 4. The molecule has 0 aliphatic heterocycles. The molecule has 0 atom stereocenters. The Morgan fingerprint density at radius 2 is 2.00 bits per heavy atom. The summed E-state index contributed by atoms with van der Waals surface area (Å²) in [6.07, 6.45) is 2.17. The molecular formula is C13H18BrNO4. The van der Waals surface area contributed by atoms with Crippen molar-refractivity contribution >= 4 is 21.6 Å². The largest absolute Gasteiger partial charge is 0.379 e. The molecule has 1 aromatic rings. The average molecular weight is 332 g/mol. The van der Waals surface area contributed by atoms with Gasteiger partial charge in [0.2, 0.25) is 0 Å². The molecule has 1 aromatic carbocycles. The third-order valence-electron chi connectivity index (χ3n) is 2.49. The van der Waals surface area contributed by atoms with Crippen LogP contribution in [0.5, 0.6) is 0 Å². The van der Waals surface area contributed by atoms with E-state index in [0.29, 0.717) is 24.3 Å². The molecule has 1 rings (SSSR count). The molecule has 0 aliphatic rings. The highest BCUT2D eigenvalue weighted by Crippen LogP contribution is 2.25. The van der Waals surface area contributed by atoms with Crippen molar-refractivity contribution in [1.29, 1.82) is 0 Å². The highest BCUT2D eigenvalue weighted by Gasteiger charge is 2.12. The molecule has 0 heterocycles. The summed E-state index contributed by atoms with van der Waals surface area (Å²) in [6, 6.07) is 4.98. The monoisotopic (exact) mass is 331 g/mol. The molecule has 0 amide bonds. The summed E-state index contributed by atoms with van der Waals surface area (Å²) in [5, 5.41) is 10.8. The first kappa shape index (κ1) is 16.1. The van der Waals surface area contributed by atoms with E-state index >= 15 is 0 Å². The number of ether oxygens (including phenoxy) is 2. The summed E-state index contributed by atoms with van der Waals surface area (Å²) in [5.41, 5.74) is 0.837. The van der Waals surface area contributed by atoms with Crippen molar-refractivity contribution in [3.63, 3.8) is 0 Å². The van der Waals surface area contributed by atoms with Gasteiger partial charge in [0.1, 0.15) is 0 Å². The number of unbranched alkanes of at least 4 members (excludes halogenated alkanes) is 1. The Bertz CT molecular complexity index is 412. The first-order valence-corrected chi connectivity index (χ1v) is 7.02. The van der Waals surface area contributed by atoms with Gasteiger partial charge < -0.3 is 9.47 Å².